The minimum Gasteiger partial charge on any atom is -0.465 e. The van der Waals surface area contributed by atoms with Crippen molar-refractivity contribution in [1.82, 2.24) is 0 Å². The molecule has 3 rings (SSSR count). The fourth-order valence-electron chi connectivity index (χ4n) is 1.92. The quantitative estimate of drug-likeness (QED) is 0.476. The lowest BCUT2D eigenvalue weighted by atomic mass is 10.00. The van der Waals surface area contributed by atoms with Gasteiger partial charge >= 0.3 is 5.97 Å². The van der Waals surface area contributed by atoms with Crippen molar-refractivity contribution >= 4 is 5.97 Å². The maximum atomic E-state index is 11.1. The Morgan fingerprint density at radius 2 is 2.00 bits per heavy atom. The summed E-state index contributed by atoms with van der Waals surface area (Å²) < 4.78 is 10.5. The average Bonchev–Trinajstić information content (AvgIpc) is 2.26. The minimum absolute atomic E-state index is 0.159. The molecule has 0 unspecified atom stereocenters. The number of hydrogen-bond donors (Lipinski definition) is 0. The molecule has 3 nitrogen and oxygen atoms in total. The summed E-state index contributed by atoms with van der Waals surface area (Å²) in [4.78, 5) is 11.1. The van der Waals surface area contributed by atoms with Crippen molar-refractivity contribution in [3.05, 3.63) is 35.6 Å². The number of carbonyl (C=O) groups excluding carboxylic acids is 1. The predicted octanol–water partition coefficient (Wildman–Crippen LogP) is 1.99. The van der Waals surface area contributed by atoms with Crippen LogP contribution in [0.3, 0.4) is 0 Å². The van der Waals surface area contributed by atoms with E-state index in [1.54, 1.807) is 6.26 Å². The monoisotopic (exact) mass is 202 g/mol. The highest BCUT2D eigenvalue weighted by Gasteiger charge is 2.20. The third-order valence-electron chi connectivity index (χ3n) is 2.69. The van der Waals surface area contributed by atoms with Crippen LogP contribution in [0.4, 0.5) is 0 Å². The summed E-state index contributed by atoms with van der Waals surface area (Å²) in [6.07, 6.45) is 5.77. The molecule has 0 saturated carbocycles. The fraction of sp³-hybridized carbons (Fsp3) is 0.250. The second kappa shape index (κ2) is 3.12. The molecule has 1 aromatic carbocycles. The van der Waals surface area contributed by atoms with Gasteiger partial charge < -0.3 is 9.47 Å². The van der Waals surface area contributed by atoms with Crippen molar-refractivity contribution in [2.45, 2.75) is 19.3 Å². The molecular weight excluding hydrogens is 192 g/mol. The molecule has 2 heterocycles. The van der Waals surface area contributed by atoms with Crippen LogP contribution in [-0.2, 0) is 17.6 Å². The van der Waals surface area contributed by atoms with Crippen LogP contribution >= 0.6 is 0 Å². The number of fused-ring (bicyclic) bond motifs is 2. The third-order valence-corrected chi connectivity index (χ3v) is 2.69. The van der Waals surface area contributed by atoms with Crippen molar-refractivity contribution in [2.75, 3.05) is 0 Å². The summed E-state index contributed by atoms with van der Waals surface area (Å²) >= 11 is 0. The molecule has 3 heteroatoms. The Balaban J connectivity index is 2.08. The van der Waals surface area contributed by atoms with Crippen molar-refractivity contribution in [3.8, 4) is 11.5 Å². The fourth-order valence-corrected chi connectivity index (χ4v) is 1.92. The lowest BCUT2D eigenvalue weighted by Gasteiger charge is -2.19. The van der Waals surface area contributed by atoms with Crippen LogP contribution in [0.5, 0.6) is 11.5 Å². The van der Waals surface area contributed by atoms with Crippen LogP contribution in [0.15, 0.2) is 24.5 Å². The van der Waals surface area contributed by atoms with E-state index in [-0.39, 0.29) is 5.97 Å². The smallest absolute Gasteiger partial charge is 0.311 e. The van der Waals surface area contributed by atoms with Gasteiger partial charge in [-0.05, 0) is 36.1 Å². The lowest BCUT2D eigenvalue weighted by Crippen LogP contribution is -2.16. The molecule has 76 valence electrons. The molecule has 2 aliphatic heterocycles. The molecule has 0 fully saturated rings. The SMILES string of the molecule is O=C1CCc2cc3c(cc2O1)OC=CC3. The van der Waals surface area contributed by atoms with Gasteiger partial charge in [0.25, 0.3) is 0 Å². The number of allylic oxidation sites excluding steroid dienone is 1. The van der Waals surface area contributed by atoms with Gasteiger partial charge in [-0.25, -0.2) is 0 Å². The Morgan fingerprint density at radius 3 is 2.93 bits per heavy atom. The Labute approximate surface area is 87.3 Å². The molecular formula is C12H10O3. The molecule has 2 aliphatic rings. The van der Waals surface area contributed by atoms with Gasteiger partial charge in [0, 0.05) is 6.07 Å². The van der Waals surface area contributed by atoms with Gasteiger partial charge in [0.15, 0.2) is 0 Å². The minimum atomic E-state index is -0.159. The van der Waals surface area contributed by atoms with Gasteiger partial charge in [0.05, 0.1) is 12.7 Å². The average molecular weight is 202 g/mol. The maximum Gasteiger partial charge on any atom is 0.311 e. The van der Waals surface area contributed by atoms with Crippen LogP contribution in [0, 0.1) is 0 Å². The van der Waals surface area contributed by atoms with E-state index in [1.807, 2.05) is 12.1 Å². The van der Waals surface area contributed by atoms with Crippen LogP contribution in [0.2, 0.25) is 0 Å². The molecule has 0 amide bonds. The van der Waals surface area contributed by atoms with Crippen molar-refractivity contribution in [1.29, 1.82) is 0 Å². The Hall–Kier alpha value is -1.77. The molecule has 1 aromatic rings. The zero-order chi connectivity index (χ0) is 10.3. The van der Waals surface area contributed by atoms with Gasteiger partial charge in [0.2, 0.25) is 0 Å². The van der Waals surface area contributed by atoms with E-state index in [0.717, 1.165) is 29.7 Å². The molecule has 0 bridgehead atoms. The van der Waals surface area contributed by atoms with Crippen molar-refractivity contribution in [3.63, 3.8) is 0 Å². The highest BCUT2D eigenvalue weighted by molar-refractivity contribution is 5.75. The normalized spacial score (nSPS) is 17.5. The summed E-state index contributed by atoms with van der Waals surface area (Å²) in [5, 5.41) is 0. The first-order chi connectivity index (χ1) is 7.33. The number of rotatable bonds is 0. The molecule has 0 N–H and O–H groups in total. The van der Waals surface area contributed by atoms with Crippen LogP contribution in [0.1, 0.15) is 17.5 Å². The van der Waals surface area contributed by atoms with Gasteiger partial charge in [-0.2, -0.15) is 0 Å². The molecule has 15 heavy (non-hydrogen) atoms. The van der Waals surface area contributed by atoms with Crippen LogP contribution in [0.25, 0.3) is 0 Å². The zero-order valence-electron chi connectivity index (χ0n) is 8.16. The van der Waals surface area contributed by atoms with E-state index in [4.69, 9.17) is 9.47 Å². The number of ether oxygens (including phenoxy) is 2. The first-order valence-corrected chi connectivity index (χ1v) is 5.01. The molecule has 0 radical (unpaired) electrons. The topological polar surface area (TPSA) is 35.5 Å². The maximum absolute atomic E-state index is 11.1. The highest BCUT2D eigenvalue weighted by Crippen LogP contribution is 2.34. The summed E-state index contributed by atoms with van der Waals surface area (Å²) in [6, 6.07) is 3.88. The Kier molecular flexibility index (Phi) is 1.78. The van der Waals surface area contributed by atoms with Crippen molar-refractivity contribution < 1.29 is 14.3 Å². The van der Waals surface area contributed by atoms with Crippen molar-refractivity contribution in [2.24, 2.45) is 0 Å². The van der Waals surface area contributed by atoms with Gasteiger partial charge in [-0.15, -0.1) is 0 Å². The van der Waals surface area contributed by atoms with Gasteiger partial charge in [0.1, 0.15) is 11.5 Å². The first kappa shape index (κ1) is 8.53. The second-order valence-electron chi connectivity index (χ2n) is 3.74. The van der Waals surface area contributed by atoms with E-state index >= 15 is 0 Å². The zero-order valence-corrected chi connectivity index (χ0v) is 8.16. The second-order valence-corrected chi connectivity index (χ2v) is 3.74. The number of esters is 1. The van der Waals surface area contributed by atoms with Gasteiger partial charge in [-0.1, -0.05) is 0 Å². The molecule has 0 spiro atoms. The molecule has 0 saturated heterocycles. The molecule has 0 atom stereocenters. The van der Waals surface area contributed by atoms with Gasteiger partial charge in [-0.3, -0.25) is 4.79 Å². The lowest BCUT2D eigenvalue weighted by molar-refractivity contribution is -0.135. The summed E-state index contributed by atoms with van der Waals surface area (Å²) in [5.41, 5.74) is 2.27. The molecule has 0 aromatic heterocycles. The summed E-state index contributed by atoms with van der Waals surface area (Å²) in [7, 11) is 0. The number of aryl methyl sites for hydroxylation is 1. The van der Waals surface area contributed by atoms with E-state index in [1.165, 1.54) is 0 Å². The van der Waals surface area contributed by atoms with Crippen LogP contribution < -0.4 is 9.47 Å². The standard InChI is InChI=1S/C12H10O3/c13-12-4-3-9-6-8-2-1-5-14-10(8)7-11(9)15-12/h1,5-7H,2-4H2. The largest absolute Gasteiger partial charge is 0.465 e. The Morgan fingerprint density at radius 1 is 1.07 bits per heavy atom. The summed E-state index contributed by atoms with van der Waals surface area (Å²) in [6.45, 7) is 0. The highest BCUT2D eigenvalue weighted by atomic mass is 16.5. The molecule has 0 aliphatic carbocycles. The van der Waals surface area contributed by atoms with E-state index in [9.17, 15) is 4.79 Å². The third kappa shape index (κ3) is 1.40. The van der Waals surface area contributed by atoms with E-state index in [2.05, 4.69) is 6.07 Å². The number of carbonyl (C=O) groups is 1. The number of benzene rings is 1. The van der Waals surface area contributed by atoms with Crippen LogP contribution in [-0.4, -0.2) is 5.97 Å². The van der Waals surface area contributed by atoms with E-state index in [0.29, 0.717) is 12.2 Å². The first-order valence-electron chi connectivity index (χ1n) is 5.01. The van der Waals surface area contributed by atoms with E-state index < -0.39 is 0 Å². The summed E-state index contributed by atoms with van der Waals surface area (Å²) in [5.74, 6) is 1.29. The Bertz CT molecular complexity index is 460. The number of hydrogen-bond acceptors (Lipinski definition) is 3. The predicted molar refractivity (Wildman–Crippen MR) is 53.9 cm³/mol.